The van der Waals surface area contributed by atoms with Crippen molar-refractivity contribution in [3.8, 4) is 11.5 Å². The van der Waals surface area contributed by atoms with Crippen molar-refractivity contribution in [3.05, 3.63) is 99.7 Å². The highest BCUT2D eigenvalue weighted by Gasteiger charge is 2.25. The molecule has 0 bridgehead atoms. The number of phenolic OH excluding ortho intramolecular Hbond substituents is 2. The second kappa shape index (κ2) is 9.91. The molecule has 0 aliphatic carbocycles. The van der Waals surface area contributed by atoms with E-state index in [9.17, 15) is 24.2 Å². The van der Waals surface area contributed by atoms with Gasteiger partial charge >= 0.3 is 0 Å². The zero-order valence-corrected chi connectivity index (χ0v) is 19.6. The predicted molar refractivity (Wildman–Crippen MR) is 134 cm³/mol. The number of fused-ring (bicyclic) bond motifs is 1. The quantitative estimate of drug-likeness (QED) is 0.315. The standard InChI is InChI=1S/C28H26FN3O4/c29-20-8-5-18(6-9-20)15-24-22-3-1-2-4-23(22)28(36)32(30-24)21-11-13-31(14-12-21)17-27(35)19-7-10-25(33)26(34)16-19/h1-10,16,21,33-34H,11-15,17H2. The molecule has 4 aromatic rings. The molecular weight excluding hydrogens is 461 g/mol. The van der Waals surface area contributed by atoms with Gasteiger partial charge < -0.3 is 10.2 Å². The number of benzene rings is 3. The highest BCUT2D eigenvalue weighted by Crippen LogP contribution is 2.26. The lowest BCUT2D eigenvalue weighted by Crippen LogP contribution is -2.40. The number of hydrogen-bond acceptors (Lipinski definition) is 6. The molecule has 0 radical (unpaired) electrons. The van der Waals surface area contributed by atoms with Crippen LogP contribution in [0.25, 0.3) is 10.8 Å². The fourth-order valence-electron chi connectivity index (χ4n) is 4.76. The van der Waals surface area contributed by atoms with Crippen LogP contribution in [0.2, 0.25) is 0 Å². The van der Waals surface area contributed by atoms with Crippen molar-refractivity contribution >= 4 is 16.6 Å². The Kier molecular flexibility index (Phi) is 6.52. The van der Waals surface area contributed by atoms with Gasteiger partial charge in [-0.2, -0.15) is 5.10 Å². The van der Waals surface area contributed by atoms with Crippen LogP contribution in [0, 0.1) is 5.82 Å². The molecule has 1 aromatic heterocycles. The van der Waals surface area contributed by atoms with Crippen LogP contribution in [0.3, 0.4) is 0 Å². The number of aromatic nitrogens is 2. The normalized spacial score (nSPS) is 14.8. The van der Waals surface area contributed by atoms with E-state index in [4.69, 9.17) is 5.10 Å². The summed E-state index contributed by atoms with van der Waals surface area (Å²) in [5.41, 5.74) is 1.88. The molecule has 0 spiro atoms. The van der Waals surface area contributed by atoms with Gasteiger partial charge in [-0.3, -0.25) is 14.5 Å². The molecule has 0 atom stereocenters. The fourth-order valence-corrected chi connectivity index (χ4v) is 4.76. The van der Waals surface area contributed by atoms with E-state index < -0.39 is 0 Å². The third kappa shape index (κ3) is 4.85. The average Bonchev–Trinajstić information content (AvgIpc) is 2.89. The number of ketones is 1. The Bertz CT molecular complexity index is 1470. The number of phenols is 2. The second-order valence-corrected chi connectivity index (χ2v) is 9.18. The molecule has 184 valence electrons. The van der Waals surface area contributed by atoms with Gasteiger partial charge in [0.05, 0.1) is 23.7 Å². The third-order valence-electron chi connectivity index (χ3n) is 6.76. The van der Waals surface area contributed by atoms with Gasteiger partial charge in [0, 0.05) is 30.5 Å². The third-order valence-corrected chi connectivity index (χ3v) is 6.76. The van der Waals surface area contributed by atoms with Crippen molar-refractivity contribution < 1.29 is 19.4 Å². The van der Waals surface area contributed by atoms with E-state index in [0.29, 0.717) is 43.3 Å². The lowest BCUT2D eigenvalue weighted by Gasteiger charge is -2.32. The fraction of sp³-hybridized carbons (Fsp3) is 0.250. The Labute approximate surface area is 207 Å². The van der Waals surface area contributed by atoms with E-state index in [1.165, 1.54) is 30.3 Å². The first kappa shape index (κ1) is 23.7. The van der Waals surface area contributed by atoms with Crippen molar-refractivity contribution in [2.75, 3.05) is 19.6 Å². The number of likely N-dealkylation sites (tertiary alicyclic amines) is 1. The highest BCUT2D eigenvalue weighted by atomic mass is 19.1. The SMILES string of the molecule is O=C(CN1CCC(n2nc(Cc3ccc(F)cc3)c3ccccc3c2=O)CC1)c1ccc(O)c(O)c1. The molecule has 1 aliphatic heterocycles. The molecule has 36 heavy (non-hydrogen) atoms. The molecule has 0 unspecified atom stereocenters. The van der Waals surface area contributed by atoms with Gasteiger partial charge in [0.1, 0.15) is 5.82 Å². The monoisotopic (exact) mass is 487 g/mol. The molecule has 1 fully saturated rings. The Morgan fingerprint density at radius 1 is 0.944 bits per heavy atom. The van der Waals surface area contributed by atoms with Gasteiger partial charge in [0.2, 0.25) is 0 Å². The minimum atomic E-state index is -0.322. The summed E-state index contributed by atoms with van der Waals surface area (Å²) in [5.74, 6) is -1.03. The van der Waals surface area contributed by atoms with E-state index in [1.807, 2.05) is 29.2 Å². The number of Topliss-reactive ketones (excluding diaryl/α,β-unsaturated/α-hetero) is 1. The highest BCUT2D eigenvalue weighted by molar-refractivity contribution is 5.98. The van der Waals surface area contributed by atoms with E-state index in [2.05, 4.69) is 0 Å². The lowest BCUT2D eigenvalue weighted by molar-refractivity contribution is 0.0893. The zero-order valence-electron chi connectivity index (χ0n) is 19.6. The molecule has 7 nitrogen and oxygen atoms in total. The van der Waals surface area contributed by atoms with E-state index in [1.54, 1.807) is 16.8 Å². The maximum atomic E-state index is 13.4. The maximum Gasteiger partial charge on any atom is 0.274 e. The number of nitrogens with zero attached hydrogens (tertiary/aromatic N) is 3. The summed E-state index contributed by atoms with van der Waals surface area (Å²) in [5, 5.41) is 25.3. The summed E-state index contributed by atoms with van der Waals surface area (Å²) in [6.45, 7) is 1.43. The van der Waals surface area contributed by atoms with Crippen molar-refractivity contribution in [1.82, 2.24) is 14.7 Å². The topological polar surface area (TPSA) is 95.7 Å². The molecule has 0 amide bonds. The molecule has 5 rings (SSSR count). The maximum absolute atomic E-state index is 13.4. The molecular formula is C28H26FN3O4. The summed E-state index contributed by atoms with van der Waals surface area (Å²) in [6, 6.07) is 17.7. The van der Waals surface area contributed by atoms with Gasteiger partial charge in [-0.1, -0.05) is 30.3 Å². The number of aromatic hydroxyl groups is 2. The summed E-state index contributed by atoms with van der Waals surface area (Å²) >= 11 is 0. The van der Waals surface area contributed by atoms with Crippen molar-refractivity contribution in [1.29, 1.82) is 0 Å². The summed E-state index contributed by atoms with van der Waals surface area (Å²) in [7, 11) is 0. The molecule has 2 heterocycles. The van der Waals surface area contributed by atoms with Crippen LogP contribution in [0.4, 0.5) is 4.39 Å². The van der Waals surface area contributed by atoms with Crippen LogP contribution in [0.15, 0.2) is 71.5 Å². The Morgan fingerprint density at radius 3 is 2.33 bits per heavy atom. The molecule has 2 N–H and O–H groups in total. The number of carbonyl (C=O) groups is 1. The van der Waals surface area contributed by atoms with Crippen molar-refractivity contribution in [2.24, 2.45) is 0 Å². The first-order valence-electron chi connectivity index (χ1n) is 11.9. The number of hydrogen-bond donors (Lipinski definition) is 2. The number of carbonyl (C=O) groups excluding carboxylic acids is 1. The van der Waals surface area contributed by atoms with E-state index >= 15 is 0 Å². The van der Waals surface area contributed by atoms with Crippen LogP contribution >= 0.6 is 0 Å². The van der Waals surface area contributed by atoms with Crippen LogP contribution in [0.5, 0.6) is 11.5 Å². The second-order valence-electron chi connectivity index (χ2n) is 9.18. The summed E-state index contributed by atoms with van der Waals surface area (Å²) in [4.78, 5) is 28.0. The number of rotatable bonds is 6. The van der Waals surface area contributed by atoms with Gasteiger partial charge in [-0.05, 0) is 54.8 Å². The van der Waals surface area contributed by atoms with Crippen molar-refractivity contribution in [3.63, 3.8) is 0 Å². The molecule has 8 heteroatoms. The van der Waals surface area contributed by atoms with Gasteiger partial charge in [0.25, 0.3) is 5.56 Å². The first-order valence-corrected chi connectivity index (χ1v) is 11.9. The number of halogens is 1. The minimum Gasteiger partial charge on any atom is -0.504 e. The minimum absolute atomic E-state index is 0.0989. The zero-order chi connectivity index (χ0) is 25.2. The Hall–Kier alpha value is -4.04. The lowest BCUT2D eigenvalue weighted by atomic mass is 10.0. The molecule has 3 aromatic carbocycles. The Balaban J connectivity index is 1.34. The largest absolute Gasteiger partial charge is 0.504 e. The predicted octanol–water partition coefficient (Wildman–Crippen LogP) is 4.06. The molecule has 1 aliphatic rings. The van der Waals surface area contributed by atoms with Gasteiger partial charge in [0.15, 0.2) is 17.3 Å². The van der Waals surface area contributed by atoms with Crippen molar-refractivity contribution in [2.45, 2.75) is 25.3 Å². The van der Waals surface area contributed by atoms with Crippen LogP contribution in [-0.4, -0.2) is 50.3 Å². The van der Waals surface area contributed by atoms with Gasteiger partial charge in [-0.15, -0.1) is 0 Å². The Morgan fingerprint density at radius 2 is 1.64 bits per heavy atom. The van der Waals surface area contributed by atoms with Crippen LogP contribution in [0.1, 0.15) is 40.5 Å². The van der Waals surface area contributed by atoms with Gasteiger partial charge in [-0.25, -0.2) is 9.07 Å². The summed E-state index contributed by atoms with van der Waals surface area (Å²) < 4.78 is 15.0. The first-order chi connectivity index (χ1) is 17.4. The smallest absolute Gasteiger partial charge is 0.274 e. The average molecular weight is 488 g/mol. The van der Waals surface area contributed by atoms with Crippen LogP contribution < -0.4 is 5.56 Å². The molecule has 0 saturated carbocycles. The van der Waals surface area contributed by atoms with E-state index in [0.717, 1.165) is 16.6 Å². The number of piperidine rings is 1. The van der Waals surface area contributed by atoms with Crippen LogP contribution in [-0.2, 0) is 6.42 Å². The molecule has 1 saturated heterocycles. The summed E-state index contributed by atoms with van der Waals surface area (Å²) in [6.07, 6.45) is 1.80. The van der Waals surface area contributed by atoms with E-state index in [-0.39, 0.29) is 41.2 Å².